The number of hydrogen-bond acceptors (Lipinski definition) is 10. The van der Waals surface area contributed by atoms with Crippen LogP contribution < -0.4 is 37.6 Å². The van der Waals surface area contributed by atoms with Crippen molar-refractivity contribution in [1.82, 2.24) is 16.0 Å². The first-order valence-corrected chi connectivity index (χ1v) is 20.2. The first-order valence-electron chi connectivity index (χ1n) is 15.7. The number of hydrogen-bond donors (Lipinski definition) is 4. The van der Waals surface area contributed by atoms with Crippen molar-refractivity contribution in [3.05, 3.63) is 91.0 Å². The summed E-state index contributed by atoms with van der Waals surface area (Å²) >= 11 is 0. The number of carbonyl (C=O) groups is 5. The van der Waals surface area contributed by atoms with E-state index < -0.39 is 43.1 Å². The van der Waals surface area contributed by atoms with Crippen molar-refractivity contribution < 1.29 is 33.4 Å². The number of nitrogens with two attached hydrogens (primary N) is 1. The van der Waals surface area contributed by atoms with Crippen LogP contribution in [0.25, 0.3) is 0 Å². The predicted octanol–water partition coefficient (Wildman–Crippen LogP) is 1.92. The van der Waals surface area contributed by atoms with Gasteiger partial charge in [0.15, 0.2) is 0 Å². The minimum absolute atomic E-state index is 0.0300. The fraction of sp³-hybridized carbons (Fsp3) is 0.343. The zero-order valence-electron chi connectivity index (χ0n) is 27.7. The Bertz CT molecular complexity index is 1410. The Balaban J connectivity index is 1.55. The van der Waals surface area contributed by atoms with Crippen LogP contribution in [-0.4, -0.2) is 86.7 Å². The fourth-order valence-corrected chi connectivity index (χ4v) is 11.4. The van der Waals surface area contributed by atoms with Crippen molar-refractivity contribution in [2.24, 2.45) is 5.73 Å². The molecule has 0 fully saturated rings. The summed E-state index contributed by atoms with van der Waals surface area (Å²) in [5.41, 5.74) is 5.71. The highest BCUT2D eigenvalue weighted by molar-refractivity contribution is 8.76. The molecule has 0 heterocycles. The van der Waals surface area contributed by atoms with Crippen molar-refractivity contribution in [3.8, 4) is 0 Å². The van der Waals surface area contributed by atoms with E-state index in [0.717, 1.165) is 12.6 Å². The molecule has 0 saturated heterocycles. The van der Waals surface area contributed by atoms with E-state index in [1.54, 1.807) is 0 Å². The lowest BCUT2D eigenvalue weighted by Crippen LogP contribution is -2.49. The Morgan fingerprint density at radius 2 is 1.31 bits per heavy atom. The Morgan fingerprint density at radius 3 is 1.82 bits per heavy atom. The van der Waals surface area contributed by atoms with Crippen molar-refractivity contribution in [2.75, 3.05) is 45.0 Å². The van der Waals surface area contributed by atoms with Gasteiger partial charge in [-0.15, -0.1) is 0 Å². The topological polar surface area (TPSA) is 166 Å². The molecule has 3 amide bonds. The van der Waals surface area contributed by atoms with Gasteiger partial charge >= 0.3 is 11.9 Å². The largest absolute Gasteiger partial charge is 0.468 e. The van der Waals surface area contributed by atoms with Crippen LogP contribution in [0, 0.1) is 0 Å². The van der Waals surface area contributed by atoms with Crippen LogP contribution in [-0.2, 0) is 33.4 Å². The van der Waals surface area contributed by atoms with E-state index in [0.29, 0.717) is 6.54 Å². The molecule has 3 aromatic rings. The summed E-state index contributed by atoms with van der Waals surface area (Å²) in [5.74, 6) is -2.26. The van der Waals surface area contributed by atoms with Gasteiger partial charge in [0, 0.05) is 18.7 Å². The van der Waals surface area contributed by atoms with Crippen molar-refractivity contribution >= 4 is 74.4 Å². The average molecular weight is 728 g/mol. The zero-order chi connectivity index (χ0) is 35.5. The standard InChI is InChI=1S/C35H43N4O7PS2/c1-45-33(42)23-38-34(43)30(39-31(40)20-19-29(36)35(44)46-2)24-48-49-25-32(41)37-21-12-22-47(26-13-6-3-7-14-26,27-15-8-4-9-16-27)28-17-10-5-11-18-28/h3-11,13-18,29-30H,12,19-25,36H2,1-2H3,(H2-,37,38,39,40,41,43)/p+1. The van der Waals surface area contributed by atoms with Crippen LogP contribution in [0.4, 0.5) is 0 Å². The SMILES string of the molecule is COC(=O)CNC(=O)C(CSSCC(=O)NCCC[P+](c1ccccc1)(c1ccccc1)c1ccccc1)NC(=O)CCC(N)C(=O)OC. The molecule has 0 aliphatic heterocycles. The highest BCUT2D eigenvalue weighted by Crippen LogP contribution is 2.55. The van der Waals surface area contributed by atoms with Gasteiger partial charge in [-0.1, -0.05) is 76.2 Å². The van der Waals surface area contributed by atoms with Crippen LogP contribution in [0.5, 0.6) is 0 Å². The lowest BCUT2D eigenvalue weighted by molar-refractivity contribution is -0.142. The summed E-state index contributed by atoms with van der Waals surface area (Å²) in [7, 11) is 2.89. The van der Waals surface area contributed by atoms with Gasteiger partial charge in [-0.3, -0.25) is 24.0 Å². The van der Waals surface area contributed by atoms with Gasteiger partial charge in [-0.25, -0.2) is 0 Å². The maximum atomic E-state index is 12.8. The molecule has 5 N–H and O–H groups in total. The molecule has 3 aromatic carbocycles. The minimum Gasteiger partial charge on any atom is -0.468 e. The highest BCUT2D eigenvalue weighted by Gasteiger charge is 2.44. The number of ether oxygens (including phenoxy) is 2. The third-order valence-corrected chi connectivity index (χ3v) is 14.4. The van der Waals surface area contributed by atoms with E-state index in [-0.39, 0.29) is 36.8 Å². The van der Waals surface area contributed by atoms with Gasteiger partial charge in [0.1, 0.15) is 41.8 Å². The van der Waals surface area contributed by atoms with Gasteiger partial charge in [-0.2, -0.15) is 0 Å². The number of esters is 2. The molecule has 2 atom stereocenters. The minimum atomic E-state index is -2.00. The van der Waals surface area contributed by atoms with Crippen LogP contribution in [0.1, 0.15) is 19.3 Å². The third kappa shape index (κ3) is 12.5. The number of rotatable bonds is 20. The molecule has 0 radical (unpaired) electrons. The molecule has 0 spiro atoms. The molecule has 0 saturated carbocycles. The number of methoxy groups -OCH3 is 2. The second-order valence-electron chi connectivity index (χ2n) is 10.9. The van der Waals surface area contributed by atoms with Crippen molar-refractivity contribution in [2.45, 2.75) is 31.3 Å². The first kappa shape index (κ1) is 39.5. The Hall–Kier alpha value is -3.90. The summed E-state index contributed by atoms with van der Waals surface area (Å²) < 4.78 is 9.13. The van der Waals surface area contributed by atoms with Crippen molar-refractivity contribution in [1.29, 1.82) is 0 Å². The predicted molar refractivity (Wildman–Crippen MR) is 199 cm³/mol. The summed E-state index contributed by atoms with van der Waals surface area (Å²) in [4.78, 5) is 61.1. The average Bonchev–Trinajstić information content (AvgIpc) is 3.14. The Labute approximate surface area is 296 Å². The maximum absolute atomic E-state index is 12.8. The Kier molecular flexibility index (Phi) is 17.1. The smallest absolute Gasteiger partial charge is 0.325 e. The molecule has 3 rings (SSSR count). The number of benzene rings is 3. The quantitative estimate of drug-likeness (QED) is 0.0585. The monoisotopic (exact) mass is 727 g/mol. The lowest BCUT2D eigenvalue weighted by Gasteiger charge is -2.27. The second kappa shape index (κ2) is 21.2. The molecule has 14 heteroatoms. The molecular formula is C35H44N4O7PS2+. The second-order valence-corrected chi connectivity index (χ2v) is 17.0. The van der Waals surface area contributed by atoms with E-state index in [2.05, 4.69) is 98.2 Å². The first-order chi connectivity index (χ1) is 23.7. The van der Waals surface area contributed by atoms with Gasteiger partial charge in [0.2, 0.25) is 17.7 Å². The summed E-state index contributed by atoms with van der Waals surface area (Å²) in [5, 5.41) is 11.9. The van der Waals surface area contributed by atoms with Crippen LogP contribution >= 0.6 is 28.9 Å². The summed E-state index contributed by atoms with van der Waals surface area (Å²) in [6.45, 7) is 0.137. The lowest BCUT2D eigenvalue weighted by atomic mass is 10.1. The third-order valence-electron chi connectivity index (χ3n) is 7.56. The van der Waals surface area contributed by atoms with Gasteiger partial charge in [0.25, 0.3) is 0 Å². The van der Waals surface area contributed by atoms with E-state index in [1.807, 2.05) is 18.2 Å². The van der Waals surface area contributed by atoms with Gasteiger partial charge < -0.3 is 31.2 Å². The highest BCUT2D eigenvalue weighted by atomic mass is 33.1. The molecule has 0 bridgehead atoms. The maximum Gasteiger partial charge on any atom is 0.325 e. The number of amides is 3. The van der Waals surface area contributed by atoms with Crippen LogP contribution in [0.2, 0.25) is 0 Å². The van der Waals surface area contributed by atoms with E-state index >= 15 is 0 Å². The molecule has 2 unspecified atom stereocenters. The van der Waals surface area contributed by atoms with Gasteiger partial charge in [0.05, 0.1) is 26.1 Å². The van der Waals surface area contributed by atoms with Crippen LogP contribution in [0.15, 0.2) is 91.0 Å². The number of nitrogens with one attached hydrogen (secondary N) is 3. The summed E-state index contributed by atoms with van der Waals surface area (Å²) in [6.07, 6.45) is 1.56. The Morgan fingerprint density at radius 1 is 0.755 bits per heavy atom. The fourth-order valence-electron chi connectivity index (χ4n) is 5.05. The van der Waals surface area contributed by atoms with E-state index in [4.69, 9.17) is 5.73 Å². The molecule has 0 aromatic heterocycles. The normalized spacial score (nSPS) is 12.2. The zero-order valence-corrected chi connectivity index (χ0v) is 30.2. The number of carbonyl (C=O) groups excluding carboxylic acids is 5. The summed E-state index contributed by atoms with van der Waals surface area (Å²) in [6, 6.07) is 29.7. The molecule has 49 heavy (non-hydrogen) atoms. The molecule has 11 nitrogen and oxygen atoms in total. The van der Waals surface area contributed by atoms with Crippen molar-refractivity contribution in [3.63, 3.8) is 0 Å². The van der Waals surface area contributed by atoms with Gasteiger partial charge in [-0.05, 0) is 49.2 Å². The molecular weight excluding hydrogens is 684 g/mol. The molecule has 0 aliphatic rings. The van der Waals surface area contributed by atoms with E-state index in [1.165, 1.54) is 51.7 Å². The molecule has 262 valence electrons. The van der Waals surface area contributed by atoms with E-state index in [9.17, 15) is 24.0 Å². The van der Waals surface area contributed by atoms with Crippen LogP contribution in [0.3, 0.4) is 0 Å². The molecule has 0 aliphatic carbocycles.